The van der Waals surface area contributed by atoms with E-state index in [-0.39, 0.29) is 29.8 Å². The van der Waals surface area contributed by atoms with Gasteiger partial charge in [0.1, 0.15) is 12.1 Å². The number of esters is 1. The Morgan fingerprint density at radius 3 is 2.11 bits per heavy atom. The van der Waals surface area contributed by atoms with E-state index in [4.69, 9.17) is 4.74 Å². The molecule has 0 spiro atoms. The van der Waals surface area contributed by atoms with Crippen molar-refractivity contribution in [1.29, 1.82) is 0 Å². The summed E-state index contributed by atoms with van der Waals surface area (Å²) in [5.41, 5.74) is 1.87. The zero-order valence-electron chi connectivity index (χ0n) is 17.5. The normalized spacial score (nSPS) is 20.2. The maximum absolute atomic E-state index is 12.9. The van der Waals surface area contributed by atoms with Crippen LogP contribution in [0.15, 0.2) is 24.3 Å². The molecular formula is C23H34N2O3. The van der Waals surface area contributed by atoms with Crippen LogP contribution in [0, 0.1) is 5.92 Å². The number of carbonyl (C=O) groups is 2. The van der Waals surface area contributed by atoms with Gasteiger partial charge in [-0.3, -0.25) is 14.5 Å². The molecule has 0 unspecified atom stereocenters. The van der Waals surface area contributed by atoms with Crippen molar-refractivity contribution in [2.45, 2.75) is 65.0 Å². The molecule has 0 bridgehead atoms. The van der Waals surface area contributed by atoms with Crippen LogP contribution in [0.5, 0.6) is 0 Å². The molecule has 2 heterocycles. The Labute approximate surface area is 169 Å². The van der Waals surface area contributed by atoms with E-state index in [0.717, 1.165) is 50.3 Å². The van der Waals surface area contributed by atoms with E-state index in [1.54, 1.807) is 6.92 Å². The van der Waals surface area contributed by atoms with E-state index in [1.165, 1.54) is 19.3 Å². The minimum Gasteiger partial charge on any atom is -0.461 e. The summed E-state index contributed by atoms with van der Waals surface area (Å²) in [5, 5.41) is 0. The molecule has 0 radical (unpaired) electrons. The number of carbonyl (C=O) groups excluding carboxylic acids is 2. The molecule has 0 N–H and O–H groups in total. The van der Waals surface area contributed by atoms with Gasteiger partial charge < -0.3 is 9.64 Å². The maximum Gasteiger partial charge on any atom is 0.323 e. The predicted octanol–water partition coefficient (Wildman–Crippen LogP) is 3.91. The summed E-state index contributed by atoms with van der Waals surface area (Å²) >= 11 is 0. The van der Waals surface area contributed by atoms with Crippen LogP contribution in [0.3, 0.4) is 0 Å². The van der Waals surface area contributed by atoms with Gasteiger partial charge in [0, 0.05) is 37.2 Å². The molecule has 2 aliphatic heterocycles. The van der Waals surface area contributed by atoms with Crippen molar-refractivity contribution in [2.24, 2.45) is 5.92 Å². The van der Waals surface area contributed by atoms with Crippen LogP contribution in [-0.4, -0.2) is 55.0 Å². The van der Waals surface area contributed by atoms with Gasteiger partial charge >= 0.3 is 5.97 Å². The van der Waals surface area contributed by atoms with Gasteiger partial charge in [-0.15, -0.1) is 0 Å². The number of ketones is 1. The molecule has 2 saturated heterocycles. The molecule has 2 aliphatic rings. The number of hydrogen-bond acceptors (Lipinski definition) is 5. The van der Waals surface area contributed by atoms with Crippen LogP contribution in [0.4, 0.5) is 5.69 Å². The van der Waals surface area contributed by atoms with E-state index < -0.39 is 0 Å². The smallest absolute Gasteiger partial charge is 0.323 e. The van der Waals surface area contributed by atoms with Gasteiger partial charge in [-0.1, -0.05) is 20.3 Å². The van der Waals surface area contributed by atoms with Crippen molar-refractivity contribution in [3.8, 4) is 0 Å². The van der Waals surface area contributed by atoms with Crippen molar-refractivity contribution in [3.63, 3.8) is 0 Å². The van der Waals surface area contributed by atoms with Gasteiger partial charge in [0.05, 0.1) is 0 Å². The molecular weight excluding hydrogens is 352 g/mol. The van der Waals surface area contributed by atoms with E-state index in [2.05, 4.69) is 23.6 Å². The van der Waals surface area contributed by atoms with Crippen molar-refractivity contribution in [3.05, 3.63) is 29.8 Å². The number of nitrogens with zero attached hydrogens (tertiary/aromatic N) is 2. The summed E-state index contributed by atoms with van der Waals surface area (Å²) < 4.78 is 5.95. The Morgan fingerprint density at radius 1 is 0.964 bits per heavy atom. The molecule has 28 heavy (non-hydrogen) atoms. The second-order valence-corrected chi connectivity index (χ2v) is 8.51. The van der Waals surface area contributed by atoms with Crippen LogP contribution in [0.2, 0.25) is 0 Å². The summed E-state index contributed by atoms with van der Waals surface area (Å²) in [4.78, 5) is 29.0. The molecule has 0 saturated carbocycles. The summed E-state index contributed by atoms with van der Waals surface area (Å²) in [7, 11) is 0. The Balaban J connectivity index is 1.52. The first-order valence-electron chi connectivity index (χ1n) is 10.8. The minimum absolute atomic E-state index is 0.00582. The highest BCUT2D eigenvalue weighted by Crippen LogP contribution is 2.24. The van der Waals surface area contributed by atoms with Crippen molar-refractivity contribution >= 4 is 17.4 Å². The first-order chi connectivity index (χ1) is 13.5. The fourth-order valence-corrected chi connectivity index (χ4v) is 4.41. The topological polar surface area (TPSA) is 49.9 Å². The molecule has 1 atom stereocenters. The number of hydrogen-bond donors (Lipinski definition) is 0. The third-order valence-electron chi connectivity index (χ3n) is 6.02. The molecule has 5 nitrogen and oxygen atoms in total. The second-order valence-electron chi connectivity index (χ2n) is 8.51. The average molecular weight is 387 g/mol. The number of anilines is 1. The first-order valence-corrected chi connectivity index (χ1v) is 10.8. The molecule has 0 amide bonds. The summed E-state index contributed by atoms with van der Waals surface area (Å²) in [6.45, 7) is 9.57. The van der Waals surface area contributed by atoms with Gasteiger partial charge in [-0.05, 0) is 63.0 Å². The predicted molar refractivity (Wildman–Crippen MR) is 112 cm³/mol. The number of likely N-dealkylation sites (tertiary alicyclic amines) is 1. The zero-order valence-corrected chi connectivity index (χ0v) is 17.5. The highest BCUT2D eigenvalue weighted by atomic mass is 16.5. The lowest BCUT2D eigenvalue weighted by atomic mass is 9.99. The molecule has 3 rings (SSSR count). The van der Waals surface area contributed by atoms with Crippen molar-refractivity contribution in [1.82, 2.24) is 4.90 Å². The van der Waals surface area contributed by atoms with Crippen molar-refractivity contribution < 1.29 is 14.3 Å². The third-order valence-corrected chi connectivity index (χ3v) is 6.02. The molecule has 1 aromatic rings. The van der Waals surface area contributed by atoms with E-state index >= 15 is 0 Å². The van der Waals surface area contributed by atoms with Gasteiger partial charge in [-0.2, -0.15) is 0 Å². The SMILES string of the molecule is CC(=O)c1ccc(N2CCC(OC(=O)[C@@H](C(C)C)N3CCCCC3)CC2)cc1. The maximum atomic E-state index is 12.9. The third kappa shape index (κ3) is 5.13. The Kier molecular flexibility index (Phi) is 7.11. The number of benzene rings is 1. The lowest BCUT2D eigenvalue weighted by molar-refractivity contribution is -0.158. The summed E-state index contributed by atoms with van der Waals surface area (Å²) in [6.07, 6.45) is 5.33. The molecule has 2 fully saturated rings. The number of ether oxygens (including phenoxy) is 1. The van der Waals surface area contributed by atoms with Gasteiger partial charge in [-0.25, -0.2) is 0 Å². The second kappa shape index (κ2) is 9.55. The summed E-state index contributed by atoms with van der Waals surface area (Å²) in [5.74, 6) is 0.317. The lowest BCUT2D eigenvalue weighted by Gasteiger charge is -2.37. The molecule has 1 aromatic carbocycles. The fourth-order valence-electron chi connectivity index (χ4n) is 4.41. The molecule has 0 aromatic heterocycles. The monoisotopic (exact) mass is 386 g/mol. The highest BCUT2D eigenvalue weighted by Gasteiger charge is 2.33. The highest BCUT2D eigenvalue weighted by molar-refractivity contribution is 5.94. The number of rotatable bonds is 6. The molecule has 5 heteroatoms. The Bertz CT molecular complexity index is 657. The molecule has 0 aliphatic carbocycles. The largest absolute Gasteiger partial charge is 0.461 e. The van der Waals surface area contributed by atoms with Crippen molar-refractivity contribution in [2.75, 3.05) is 31.1 Å². The van der Waals surface area contributed by atoms with Gasteiger partial charge in [0.15, 0.2) is 5.78 Å². The van der Waals surface area contributed by atoms with E-state index in [1.807, 2.05) is 24.3 Å². The summed E-state index contributed by atoms with van der Waals surface area (Å²) in [6, 6.07) is 7.67. The number of Topliss-reactive ketones (excluding diaryl/α,β-unsaturated/α-hetero) is 1. The quantitative estimate of drug-likeness (QED) is 0.548. The van der Waals surface area contributed by atoms with Crippen LogP contribution in [-0.2, 0) is 9.53 Å². The Morgan fingerprint density at radius 2 is 1.57 bits per heavy atom. The van der Waals surface area contributed by atoms with Crippen LogP contribution in [0.25, 0.3) is 0 Å². The number of piperidine rings is 2. The van der Waals surface area contributed by atoms with E-state index in [0.29, 0.717) is 0 Å². The first kappa shape index (κ1) is 20.8. The van der Waals surface area contributed by atoms with Crippen LogP contribution in [0.1, 0.15) is 63.2 Å². The van der Waals surface area contributed by atoms with E-state index in [9.17, 15) is 9.59 Å². The average Bonchev–Trinajstić information content (AvgIpc) is 2.69. The lowest BCUT2D eigenvalue weighted by Crippen LogP contribution is -2.49. The Hall–Kier alpha value is -1.88. The standard InChI is InChI=1S/C23H34N2O3/c1-17(2)22(25-13-5-4-6-14-25)23(27)28-21-11-15-24(16-12-21)20-9-7-19(8-10-20)18(3)26/h7-10,17,21-22H,4-6,11-16H2,1-3H3/t22-/m1/s1. The fraction of sp³-hybridized carbons (Fsp3) is 0.652. The van der Waals surface area contributed by atoms with Gasteiger partial charge in [0.25, 0.3) is 0 Å². The van der Waals surface area contributed by atoms with Gasteiger partial charge in [0.2, 0.25) is 0 Å². The zero-order chi connectivity index (χ0) is 20.1. The molecule has 154 valence electrons. The minimum atomic E-state index is -0.113. The van der Waals surface area contributed by atoms with Crippen LogP contribution >= 0.6 is 0 Å². The van der Waals surface area contributed by atoms with Crippen LogP contribution < -0.4 is 4.90 Å².